The summed E-state index contributed by atoms with van der Waals surface area (Å²) in [4.78, 5) is 48.0. The maximum Gasteiger partial charge on any atom is 0.327 e. The average molecular weight is 319 g/mol. The number of carboxylic acid groups (broad SMARTS) is 1. The number of carboxylic acids is 1. The van der Waals surface area contributed by atoms with Gasteiger partial charge in [-0.15, -0.1) is 0 Å². The Morgan fingerprint density at radius 1 is 1.30 bits per heavy atom. The number of nitrogens with zero attached hydrogens (tertiary/aromatic N) is 2. The van der Waals surface area contributed by atoms with Crippen molar-refractivity contribution < 1.29 is 24.3 Å². The molecule has 23 heavy (non-hydrogen) atoms. The summed E-state index contributed by atoms with van der Waals surface area (Å²) in [6.45, 7) is -0.377. The molecule has 0 aliphatic carbocycles. The molecule has 0 bridgehead atoms. The van der Waals surface area contributed by atoms with E-state index in [1.807, 2.05) is 0 Å². The molecule has 122 valence electrons. The predicted octanol–water partition coefficient (Wildman–Crippen LogP) is 0.536. The van der Waals surface area contributed by atoms with E-state index < -0.39 is 23.8 Å². The Hall–Kier alpha value is -2.90. The summed E-state index contributed by atoms with van der Waals surface area (Å²) in [6.07, 6.45) is 0.355. The number of amides is 4. The Bertz CT molecular complexity index is 658. The SMILES string of the molecule is CN1CC(=O)N(CC(=O)Nc2cccc(CCC(=O)O)c2)C1=O. The first-order chi connectivity index (χ1) is 10.9. The van der Waals surface area contributed by atoms with Gasteiger partial charge in [-0.3, -0.25) is 19.3 Å². The van der Waals surface area contributed by atoms with Gasteiger partial charge in [0.15, 0.2) is 0 Å². The second-order valence-electron chi connectivity index (χ2n) is 5.26. The van der Waals surface area contributed by atoms with Gasteiger partial charge in [0.25, 0.3) is 5.91 Å². The lowest BCUT2D eigenvalue weighted by molar-refractivity contribution is -0.137. The molecule has 1 aliphatic heterocycles. The third-order valence-corrected chi connectivity index (χ3v) is 3.37. The first-order valence-electron chi connectivity index (χ1n) is 7.03. The van der Waals surface area contributed by atoms with Crippen LogP contribution < -0.4 is 5.32 Å². The first kappa shape index (κ1) is 16.5. The van der Waals surface area contributed by atoms with E-state index in [2.05, 4.69) is 5.32 Å². The number of urea groups is 1. The van der Waals surface area contributed by atoms with E-state index >= 15 is 0 Å². The van der Waals surface area contributed by atoms with Gasteiger partial charge < -0.3 is 15.3 Å². The van der Waals surface area contributed by atoms with Gasteiger partial charge in [0.1, 0.15) is 13.1 Å². The van der Waals surface area contributed by atoms with E-state index in [1.54, 1.807) is 24.3 Å². The van der Waals surface area contributed by atoms with Gasteiger partial charge in [-0.2, -0.15) is 0 Å². The molecule has 1 heterocycles. The highest BCUT2D eigenvalue weighted by molar-refractivity contribution is 6.06. The Kier molecular flexibility index (Phi) is 4.95. The quantitative estimate of drug-likeness (QED) is 0.744. The number of likely N-dealkylation sites (N-methyl/N-ethyl adjacent to an activating group) is 1. The van der Waals surface area contributed by atoms with E-state index in [-0.39, 0.29) is 19.5 Å². The summed E-state index contributed by atoms with van der Waals surface area (Å²) >= 11 is 0. The number of anilines is 1. The van der Waals surface area contributed by atoms with Gasteiger partial charge in [0.2, 0.25) is 5.91 Å². The third kappa shape index (κ3) is 4.29. The molecule has 0 radical (unpaired) electrons. The summed E-state index contributed by atoms with van der Waals surface area (Å²) in [5.41, 5.74) is 1.27. The Morgan fingerprint density at radius 2 is 2.04 bits per heavy atom. The smallest absolute Gasteiger partial charge is 0.327 e. The van der Waals surface area contributed by atoms with Crippen LogP contribution in [0.1, 0.15) is 12.0 Å². The van der Waals surface area contributed by atoms with Crippen molar-refractivity contribution in [3.63, 3.8) is 0 Å². The number of rotatable bonds is 6. The van der Waals surface area contributed by atoms with Gasteiger partial charge in [-0.25, -0.2) is 4.79 Å². The summed E-state index contributed by atoms with van der Waals surface area (Å²) in [5.74, 6) is -1.80. The summed E-state index contributed by atoms with van der Waals surface area (Å²) < 4.78 is 0. The van der Waals surface area contributed by atoms with Crippen LogP contribution >= 0.6 is 0 Å². The van der Waals surface area contributed by atoms with Crippen LogP contribution in [-0.4, -0.2) is 58.9 Å². The summed E-state index contributed by atoms with van der Waals surface area (Å²) in [5, 5.41) is 11.3. The second-order valence-corrected chi connectivity index (χ2v) is 5.26. The Labute approximate surface area is 132 Å². The van der Waals surface area contributed by atoms with Crippen molar-refractivity contribution in [1.82, 2.24) is 9.80 Å². The second kappa shape index (κ2) is 6.91. The van der Waals surface area contributed by atoms with Crippen LogP contribution in [0.15, 0.2) is 24.3 Å². The molecule has 2 rings (SSSR count). The molecular weight excluding hydrogens is 302 g/mol. The molecule has 0 unspecified atom stereocenters. The van der Waals surface area contributed by atoms with Crippen molar-refractivity contribution in [3.05, 3.63) is 29.8 Å². The van der Waals surface area contributed by atoms with Gasteiger partial charge >= 0.3 is 12.0 Å². The summed E-state index contributed by atoms with van der Waals surface area (Å²) in [6, 6.07) is 6.29. The zero-order valence-corrected chi connectivity index (χ0v) is 12.6. The molecule has 0 spiro atoms. The van der Waals surface area contributed by atoms with Gasteiger partial charge in [0, 0.05) is 19.2 Å². The number of carbonyl (C=O) groups excluding carboxylic acids is 3. The molecule has 0 saturated carbocycles. The lowest BCUT2D eigenvalue weighted by Crippen LogP contribution is -2.38. The number of imide groups is 1. The fourth-order valence-corrected chi connectivity index (χ4v) is 2.22. The first-order valence-corrected chi connectivity index (χ1v) is 7.03. The number of aliphatic carboxylic acids is 1. The van der Waals surface area contributed by atoms with Crippen LogP contribution in [-0.2, 0) is 20.8 Å². The predicted molar refractivity (Wildman–Crippen MR) is 80.8 cm³/mol. The van der Waals surface area contributed by atoms with Gasteiger partial charge in [-0.05, 0) is 24.1 Å². The number of carbonyl (C=O) groups is 4. The van der Waals surface area contributed by atoms with E-state index in [0.29, 0.717) is 12.1 Å². The van der Waals surface area contributed by atoms with Crippen LogP contribution in [0.2, 0.25) is 0 Å². The number of nitrogens with one attached hydrogen (secondary N) is 1. The molecule has 1 aliphatic rings. The van der Waals surface area contributed by atoms with Crippen molar-refractivity contribution in [1.29, 1.82) is 0 Å². The average Bonchev–Trinajstić information content (AvgIpc) is 2.72. The molecule has 8 heteroatoms. The van der Waals surface area contributed by atoms with E-state index in [9.17, 15) is 19.2 Å². The minimum Gasteiger partial charge on any atom is -0.481 e. The highest BCUT2D eigenvalue weighted by atomic mass is 16.4. The molecule has 1 aromatic carbocycles. The molecule has 1 saturated heterocycles. The van der Waals surface area contributed by atoms with Crippen LogP contribution in [0, 0.1) is 0 Å². The van der Waals surface area contributed by atoms with Crippen molar-refractivity contribution in [2.45, 2.75) is 12.8 Å². The highest BCUT2D eigenvalue weighted by Crippen LogP contribution is 2.13. The standard InChI is InChI=1S/C15H17N3O5/c1-17-9-13(20)18(15(17)23)8-12(19)16-11-4-2-3-10(7-11)5-6-14(21)22/h2-4,7H,5-6,8-9H2,1H3,(H,16,19)(H,21,22). The number of benzene rings is 1. The molecule has 2 N–H and O–H groups in total. The Balaban J connectivity index is 1.95. The van der Waals surface area contributed by atoms with E-state index in [1.165, 1.54) is 11.9 Å². The molecule has 8 nitrogen and oxygen atoms in total. The summed E-state index contributed by atoms with van der Waals surface area (Å²) in [7, 11) is 1.49. The maximum atomic E-state index is 12.0. The lowest BCUT2D eigenvalue weighted by atomic mass is 10.1. The molecule has 1 fully saturated rings. The molecular formula is C15H17N3O5. The van der Waals surface area contributed by atoms with Gasteiger partial charge in [-0.1, -0.05) is 12.1 Å². The fraction of sp³-hybridized carbons (Fsp3) is 0.333. The van der Waals surface area contributed by atoms with Crippen LogP contribution in [0.25, 0.3) is 0 Å². The maximum absolute atomic E-state index is 12.0. The number of hydrogen-bond donors (Lipinski definition) is 2. The molecule has 4 amide bonds. The number of aryl methyl sites for hydroxylation is 1. The molecule has 0 aromatic heterocycles. The van der Waals surface area contributed by atoms with Crippen LogP contribution in [0.3, 0.4) is 0 Å². The topological polar surface area (TPSA) is 107 Å². The lowest BCUT2D eigenvalue weighted by Gasteiger charge is -2.14. The van der Waals surface area contributed by atoms with Crippen molar-refractivity contribution in [2.24, 2.45) is 0 Å². The molecule has 1 aromatic rings. The van der Waals surface area contributed by atoms with Crippen molar-refractivity contribution in [3.8, 4) is 0 Å². The molecule has 0 atom stereocenters. The zero-order valence-electron chi connectivity index (χ0n) is 12.6. The minimum atomic E-state index is -0.894. The zero-order chi connectivity index (χ0) is 17.0. The van der Waals surface area contributed by atoms with Crippen LogP contribution in [0.4, 0.5) is 10.5 Å². The number of hydrogen-bond acceptors (Lipinski definition) is 4. The fourth-order valence-electron chi connectivity index (χ4n) is 2.22. The Morgan fingerprint density at radius 3 is 2.65 bits per heavy atom. The highest BCUT2D eigenvalue weighted by Gasteiger charge is 2.34. The monoisotopic (exact) mass is 319 g/mol. The van der Waals surface area contributed by atoms with E-state index in [0.717, 1.165) is 10.5 Å². The van der Waals surface area contributed by atoms with Gasteiger partial charge in [0.05, 0.1) is 0 Å². The van der Waals surface area contributed by atoms with E-state index in [4.69, 9.17) is 5.11 Å². The normalized spacial score (nSPS) is 14.3. The van der Waals surface area contributed by atoms with Crippen molar-refractivity contribution in [2.75, 3.05) is 25.5 Å². The van der Waals surface area contributed by atoms with Crippen LogP contribution in [0.5, 0.6) is 0 Å². The third-order valence-electron chi connectivity index (χ3n) is 3.37. The minimum absolute atomic E-state index is 0.000512. The van der Waals surface area contributed by atoms with Crippen molar-refractivity contribution >= 4 is 29.5 Å². The largest absolute Gasteiger partial charge is 0.481 e.